The number of nitrogens with zero attached hydrogens (tertiary/aromatic N) is 5. The molecule has 0 spiro atoms. The van der Waals surface area contributed by atoms with Crippen LogP contribution in [0.25, 0.3) is 60.4 Å². The average Bonchev–Trinajstić information content (AvgIpc) is 3.26. The summed E-state index contributed by atoms with van der Waals surface area (Å²) in [5.74, 6) is 2.84. The zero-order valence-electron chi connectivity index (χ0n) is 26.5. The van der Waals surface area contributed by atoms with Gasteiger partial charge in [-0.1, -0.05) is 73.6 Å². The molecular weight excluding hydrogens is 514 g/mol. The zero-order chi connectivity index (χ0) is 29.9. The van der Waals surface area contributed by atoms with Crippen LogP contribution in [0.5, 0.6) is 0 Å². The number of fused-ring (bicyclic) bond motifs is 5. The van der Waals surface area contributed by atoms with E-state index in [-0.39, 0.29) is 10.8 Å². The number of hydrogen-bond acceptors (Lipinski definition) is 3. The Bertz CT molecular complexity index is 2170. The molecule has 42 heavy (non-hydrogen) atoms. The first kappa shape index (κ1) is 26.8. The Morgan fingerprint density at radius 1 is 0.738 bits per heavy atom. The van der Waals surface area contributed by atoms with Crippen LogP contribution in [0, 0.1) is 6.92 Å². The summed E-state index contributed by atoms with van der Waals surface area (Å²) >= 11 is 0. The highest BCUT2D eigenvalue weighted by atomic mass is 15.1. The van der Waals surface area contributed by atoms with Gasteiger partial charge < -0.3 is 4.40 Å². The summed E-state index contributed by atoms with van der Waals surface area (Å²) in [4.78, 5) is 15.1. The lowest BCUT2D eigenvalue weighted by Crippen LogP contribution is -2.29. The third-order valence-electron chi connectivity index (χ3n) is 8.76. The maximum atomic E-state index is 5.08. The number of hydrogen-bond donors (Lipinski definition) is 0. The van der Waals surface area contributed by atoms with E-state index >= 15 is 0 Å². The second kappa shape index (κ2) is 8.70. The quantitative estimate of drug-likeness (QED) is 0.122. The van der Waals surface area contributed by atoms with E-state index in [1.165, 1.54) is 60.1 Å². The molecule has 7 aromatic rings. The van der Waals surface area contributed by atoms with Crippen molar-refractivity contribution in [3.05, 3.63) is 77.5 Å². The predicted octanol–water partition coefficient (Wildman–Crippen LogP) is 8.69. The molecule has 0 saturated heterocycles. The van der Waals surface area contributed by atoms with Crippen molar-refractivity contribution in [2.75, 3.05) is 0 Å². The maximum absolute atomic E-state index is 5.08. The van der Waals surface area contributed by atoms with Gasteiger partial charge in [0, 0.05) is 33.2 Å². The van der Waals surface area contributed by atoms with Gasteiger partial charge in [0.25, 0.3) is 0 Å². The smallest absolute Gasteiger partial charge is 0.224 e. The van der Waals surface area contributed by atoms with Gasteiger partial charge in [-0.2, -0.15) is 0 Å². The van der Waals surface area contributed by atoms with Crippen LogP contribution < -0.4 is 4.57 Å². The lowest BCUT2D eigenvalue weighted by atomic mass is 9.92. The van der Waals surface area contributed by atoms with E-state index in [0.29, 0.717) is 5.92 Å². The Labute approximate surface area is 247 Å². The summed E-state index contributed by atoms with van der Waals surface area (Å²) in [6.45, 7) is 19.8. The van der Waals surface area contributed by atoms with Crippen molar-refractivity contribution >= 4 is 49.0 Å². The maximum Gasteiger partial charge on any atom is 0.224 e. The third-order valence-corrected chi connectivity index (χ3v) is 8.76. The lowest BCUT2D eigenvalue weighted by molar-refractivity contribution is -0.643. The number of benzene rings is 3. The number of aryl methyl sites for hydroxylation is 2. The first-order valence-electron chi connectivity index (χ1n) is 15.1. The summed E-state index contributed by atoms with van der Waals surface area (Å²) in [6, 6.07) is 18.4. The molecule has 0 amide bonds. The van der Waals surface area contributed by atoms with E-state index in [0.717, 1.165) is 23.0 Å². The van der Waals surface area contributed by atoms with Crippen LogP contribution in [0.1, 0.15) is 84.1 Å². The van der Waals surface area contributed by atoms with Crippen LogP contribution in [-0.4, -0.2) is 19.4 Å². The van der Waals surface area contributed by atoms with Crippen molar-refractivity contribution in [1.29, 1.82) is 0 Å². The van der Waals surface area contributed by atoms with Gasteiger partial charge >= 0.3 is 0 Å². The number of rotatable bonds is 2. The lowest BCUT2D eigenvalue weighted by Gasteiger charge is -2.23. The average molecular weight is 555 g/mol. The van der Waals surface area contributed by atoms with Crippen LogP contribution in [0.15, 0.2) is 54.7 Å². The fourth-order valence-electron chi connectivity index (χ4n) is 6.40. The van der Waals surface area contributed by atoms with Gasteiger partial charge in [-0.05, 0) is 53.6 Å². The molecular formula is C37H40N5+. The molecule has 0 fully saturated rings. The molecule has 5 heteroatoms. The van der Waals surface area contributed by atoms with Crippen molar-refractivity contribution in [3.63, 3.8) is 0 Å². The van der Waals surface area contributed by atoms with E-state index in [1.807, 2.05) is 0 Å². The molecule has 0 aliphatic carbocycles. The Kier molecular flexibility index (Phi) is 5.54. The van der Waals surface area contributed by atoms with Gasteiger partial charge in [0.2, 0.25) is 5.52 Å². The van der Waals surface area contributed by atoms with E-state index in [2.05, 4.69) is 133 Å². The molecule has 0 unspecified atom stereocenters. The van der Waals surface area contributed by atoms with E-state index in [1.54, 1.807) is 0 Å². The van der Waals surface area contributed by atoms with Gasteiger partial charge in [-0.15, -0.1) is 0 Å². The largest absolute Gasteiger partial charge is 0.307 e. The number of aromatic nitrogens is 5. The summed E-state index contributed by atoms with van der Waals surface area (Å²) in [7, 11) is 2.16. The standard InChI is InChI=1S/C37H40N5/c1-20(2)22-12-14-27-26(18-22)25-13-11-21(3)29-31(25)42(27)28-19-24(17-23-15-16-41(10)32(29)30(23)28)33-38-34(36(4,5)6)40-35(39-33)37(7,8)9/h11-20H,1-10H3/q+1. The molecule has 7 rings (SSSR count). The molecule has 0 bridgehead atoms. The molecule has 4 aromatic heterocycles. The van der Waals surface area contributed by atoms with Crippen molar-refractivity contribution in [2.24, 2.45) is 7.05 Å². The molecule has 0 saturated carbocycles. The van der Waals surface area contributed by atoms with E-state index in [9.17, 15) is 0 Å². The van der Waals surface area contributed by atoms with Crippen LogP contribution in [0.3, 0.4) is 0 Å². The SMILES string of the molecule is Cc1ccc2c3cc(C(C)C)ccc3n3c4cc(-c5nc(C(C)(C)C)nc(C(C)(C)C)n5)cc5cc[n+](C)c(c1c23)c54. The van der Waals surface area contributed by atoms with Crippen molar-refractivity contribution in [2.45, 2.75) is 79.1 Å². The molecule has 0 atom stereocenters. The third kappa shape index (κ3) is 3.82. The number of pyridine rings is 2. The second-order valence-electron chi connectivity index (χ2n) is 14.5. The van der Waals surface area contributed by atoms with Crippen LogP contribution in [0.2, 0.25) is 0 Å². The van der Waals surface area contributed by atoms with Crippen molar-refractivity contribution in [3.8, 4) is 11.4 Å². The van der Waals surface area contributed by atoms with Gasteiger partial charge in [0.1, 0.15) is 18.7 Å². The Morgan fingerprint density at radius 2 is 1.43 bits per heavy atom. The monoisotopic (exact) mass is 554 g/mol. The highest BCUT2D eigenvalue weighted by Gasteiger charge is 2.28. The van der Waals surface area contributed by atoms with Gasteiger partial charge in [-0.3, -0.25) is 0 Å². The summed E-state index contributed by atoms with van der Waals surface area (Å²) in [6.07, 6.45) is 2.19. The molecule has 212 valence electrons. The highest BCUT2D eigenvalue weighted by molar-refractivity contribution is 6.26. The van der Waals surface area contributed by atoms with Crippen LogP contribution in [-0.2, 0) is 17.9 Å². The molecule has 0 aliphatic heterocycles. The molecule has 0 N–H and O–H groups in total. The first-order valence-corrected chi connectivity index (χ1v) is 15.1. The zero-order valence-corrected chi connectivity index (χ0v) is 26.5. The minimum Gasteiger partial charge on any atom is -0.307 e. The molecule has 0 aliphatic rings. The summed E-state index contributed by atoms with van der Waals surface area (Å²) in [5.41, 5.74) is 8.22. The minimum atomic E-state index is -0.197. The molecule has 4 heterocycles. The van der Waals surface area contributed by atoms with Gasteiger partial charge in [-0.25, -0.2) is 19.5 Å². The second-order valence-corrected chi connectivity index (χ2v) is 14.5. The van der Waals surface area contributed by atoms with Crippen molar-refractivity contribution in [1.82, 2.24) is 19.4 Å². The molecule has 0 radical (unpaired) electrons. The van der Waals surface area contributed by atoms with E-state index in [4.69, 9.17) is 15.0 Å². The van der Waals surface area contributed by atoms with Gasteiger partial charge in [0.15, 0.2) is 12.0 Å². The van der Waals surface area contributed by atoms with Crippen molar-refractivity contribution < 1.29 is 4.57 Å². The van der Waals surface area contributed by atoms with Crippen LogP contribution >= 0.6 is 0 Å². The Balaban J connectivity index is 1.69. The Hall–Kier alpha value is -4.12. The fraction of sp³-hybridized carbons (Fsp3) is 0.351. The summed E-state index contributed by atoms with van der Waals surface area (Å²) in [5, 5.41) is 6.36. The Morgan fingerprint density at radius 3 is 2.07 bits per heavy atom. The fourth-order valence-corrected chi connectivity index (χ4v) is 6.40. The first-order chi connectivity index (χ1) is 19.7. The minimum absolute atomic E-state index is 0.197. The van der Waals surface area contributed by atoms with Gasteiger partial charge in [0.05, 0.1) is 27.3 Å². The molecule has 5 nitrogen and oxygen atoms in total. The molecule has 3 aromatic carbocycles. The summed E-state index contributed by atoms with van der Waals surface area (Å²) < 4.78 is 4.78. The van der Waals surface area contributed by atoms with E-state index < -0.39 is 0 Å². The normalized spacial score (nSPS) is 13.2. The predicted molar refractivity (Wildman–Crippen MR) is 175 cm³/mol. The topological polar surface area (TPSA) is 47.0 Å². The highest BCUT2D eigenvalue weighted by Crippen LogP contribution is 2.42. The van der Waals surface area contributed by atoms with Crippen LogP contribution in [0.4, 0.5) is 0 Å².